The fourth-order valence-electron chi connectivity index (χ4n) is 6.13. The summed E-state index contributed by atoms with van der Waals surface area (Å²) in [5.41, 5.74) is 5.44. The largest absolute Gasteiger partial charge is 0.508 e. The number of halogens is 1. The number of methoxy groups -OCH3 is 1. The van der Waals surface area contributed by atoms with Crippen LogP contribution in [0.15, 0.2) is 54.6 Å². The van der Waals surface area contributed by atoms with E-state index in [0.717, 1.165) is 55.9 Å². The van der Waals surface area contributed by atoms with Crippen LogP contribution in [0.1, 0.15) is 53.9 Å². The number of anilines is 1. The first kappa shape index (κ1) is 28.2. The van der Waals surface area contributed by atoms with Gasteiger partial charge >= 0.3 is 0 Å². The summed E-state index contributed by atoms with van der Waals surface area (Å²) in [5, 5.41) is 19.9. The van der Waals surface area contributed by atoms with Crippen molar-refractivity contribution >= 4 is 5.69 Å². The van der Waals surface area contributed by atoms with Gasteiger partial charge in [-0.15, -0.1) is 0 Å². The highest BCUT2D eigenvalue weighted by atomic mass is 19.1. The molecular formula is C33H41FN2O4. The van der Waals surface area contributed by atoms with Crippen LogP contribution in [0.4, 0.5) is 10.1 Å². The molecule has 6 nitrogen and oxygen atoms in total. The maximum absolute atomic E-state index is 15.1. The third-order valence-corrected chi connectivity index (χ3v) is 8.29. The predicted octanol–water partition coefficient (Wildman–Crippen LogP) is 5.68. The van der Waals surface area contributed by atoms with Crippen LogP contribution in [0.3, 0.4) is 0 Å². The monoisotopic (exact) mass is 548 g/mol. The second kappa shape index (κ2) is 13.4. The summed E-state index contributed by atoms with van der Waals surface area (Å²) in [7, 11) is 1.65. The molecule has 1 atom stereocenters. The number of hydrogen-bond donors (Lipinski definition) is 2. The average molecular weight is 549 g/mol. The van der Waals surface area contributed by atoms with Gasteiger partial charge in [-0.05, 0) is 104 Å². The Morgan fingerprint density at radius 3 is 2.62 bits per heavy atom. The normalized spacial score (nSPS) is 17.3. The molecule has 0 radical (unpaired) electrons. The van der Waals surface area contributed by atoms with E-state index in [-0.39, 0.29) is 24.1 Å². The second-order valence-corrected chi connectivity index (χ2v) is 11.0. The van der Waals surface area contributed by atoms with Crippen LogP contribution in [-0.2, 0) is 19.4 Å². The number of phenolic OH excluding ortho intramolecular Hbond substituents is 1. The molecular weight excluding hydrogens is 507 g/mol. The van der Waals surface area contributed by atoms with Gasteiger partial charge in [0, 0.05) is 31.4 Å². The molecule has 0 aromatic heterocycles. The number of piperidine rings is 1. The van der Waals surface area contributed by atoms with Crippen molar-refractivity contribution in [2.24, 2.45) is 0 Å². The third kappa shape index (κ3) is 6.88. The molecule has 1 fully saturated rings. The van der Waals surface area contributed by atoms with E-state index < -0.39 is 0 Å². The standard InChI is InChI=1S/C33H41FN2O4/c1-39-29-10-11-30(27-7-6-26-21-28(38)9-8-25(26)20-27)32(22-29)36(15-17-37)23-24-5-12-33(31(34)19-24)40-18-16-35-13-3-2-4-14-35/h5,8-12,19,21-22,27,37-38H,2-4,6-7,13-18,20,23H2,1H3/t27-/m1/s1. The molecule has 0 spiro atoms. The van der Waals surface area contributed by atoms with Crippen LogP contribution in [-0.4, -0.2) is 61.6 Å². The van der Waals surface area contributed by atoms with E-state index in [2.05, 4.69) is 15.9 Å². The summed E-state index contributed by atoms with van der Waals surface area (Å²) < 4.78 is 26.4. The van der Waals surface area contributed by atoms with Crippen molar-refractivity contribution in [1.82, 2.24) is 4.90 Å². The molecule has 0 bridgehead atoms. The zero-order valence-electron chi connectivity index (χ0n) is 23.4. The number of aromatic hydroxyl groups is 1. The number of rotatable bonds is 11. The van der Waals surface area contributed by atoms with Crippen molar-refractivity contribution in [1.29, 1.82) is 0 Å². The molecule has 5 rings (SSSR count). The number of likely N-dealkylation sites (tertiary alicyclic amines) is 1. The van der Waals surface area contributed by atoms with Crippen molar-refractivity contribution in [3.05, 3.63) is 82.7 Å². The summed E-state index contributed by atoms with van der Waals surface area (Å²) in [6.45, 7) is 4.31. The van der Waals surface area contributed by atoms with Gasteiger partial charge in [0.05, 0.1) is 13.7 Å². The lowest BCUT2D eigenvalue weighted by molar-refractivity contribution is 0.180. The summed E-state index contributed by atoms with van der Waals surface area (Å²) in [6.07, 6.45) is 6.46. The minimum absolute atomic E-state index is 0.0242. The Morgan fingerprint density at radius 2 is 1.85 bits per heavy atom. The number of aliphatic hydroxyl groups is 1. The van der Waals surface area contributed by atoms with E-state index in [1.54, 1.807) is 25.3 Å². The van der Waals surface area contributed by atoms with E-state index in [9.17, 15) is 10.2 Å². The predicted molar refractivity (Wildman–Crippen MR) is 156 cm³/mol. The highest BCUT2D eigenvalue weighted by molar-refractivity contribution is 5.60. The molecule has 1 heterocycles. The fraction of sp³-hybridized carbons (Fsp3) is 0.455. The average Bonchev–Trinajstić information content (AvgIpc) is 2.98. The zero-order valence-corrected chi connectivity index (χ0v) is 23.4. The smallest absolute Gasteiger partial charge is 0.165 e. The molecule has 40 heavy (non-hydrogen) atoms. The summed E-state index contributed by atoms with van der Waals surface area (Å²) >= 11 is 0. The second-order valence-electron chi connectivity index (χ2n) is 11.0. The molecule has 3 aromatic carbocycles. The fourth-order valence-corrected chi connectivity index (χ4v) is 6.13. The third-order valence-electron chi connectivity index (χ3n) is 8.29. The minimum atomic E-state index is -0.363. The van der Waals surface area contributed by atoms with E-state index in [1.807, 2.05) is 30.3 Å². The molecule has 0 saturated carbocycles. The summed E-state index contributed by atoms with van der Waals surface area (Å²) in [4.78, 5) is 4.49. The highest BCUT2D eigenvalue weighted by Gasteiger charge is 2.25. The van der Waals surface area contributed by atoms with Gasteiger partial charge in [-0.25, -0.2) is 4.39 Å². The van der Waals surface area contributed by atoms with Crippen LogP contribution in [0.2, 0.25) is 0 Å². The Labute approximate surface area is 237 Å². The molecule has 1 saturated heterocycles. The molecule has 2 aliphatic rings. The Kier molecular flexibility index (Phi) is 9.45. The van der Waals surface area contributed by atoms with Gasteiger partial charge < -0.3 is 24.6 Å². The molecule has 3 aromatic rings. The van der Waals surface area contributed by atoms with Crippen molar-refractivity contribution in [2.45, 2.75) is 51.0 Å². The van der Waals surface area contributed by atoms with E-state index in [4.69, 9.17) is 9.47 Å². The van der Waals surface area contributed by atoms with Crippen LogP contribution < -0.4 is 14.4 Å². The zero-order chi connectivity index (χ0) is 27.9. The van der Waals surface area contributed by atoms with Crippen molar-refractivity contribution in [3.63, 3.8) is 0 Å². The Bertz CT molecular complexity index is 1280. The maximum Gasteiger partial charge on any atom is 0.165 e. The Morgan fingerprint density at radius 1 is 1.00 bits per heavy atom. The molecule has 7 heteroatoms. The van der Waals surface area contributed by atoms with Crippen LogP contribution >= 0.6 is 0 Å². The number of nitrogens with zero attached hydrogens (tertiary/aromatic N) is 2. The Hall–Kier alpha value is -3.29. The number of aryl methyl sites for hydroxylation is 1. The molecule has 1 aliphatic heterocycles. The SMILES string of the molecule is COc1ccc([C@@H]2CCc3cc(O)ccc3C2)c(N(CCO)Cc2ccc(OCCN3CCCCC3)c(F)c2)c1. The number of fused-ring (bicyclic) bond motifs is 1. The first-order valence-corrected chi connectivity index (χ1v) is 14.5. The van der Waals surface area contributed by atoms with E-state index in [0.29, 0.717) is 25.4 Å². The maximum atomic E-state index is 15.1. The number of benzene rings is 3. The molecule has 214 valence electrons. The van der Waals surface area contributed by atoms with Crippen LogP contribution in [0.5, 0.6) is 17.2 Å². The quantitative estimate of drug-likeness (QED) is 0.322. The summed E-state index contributed by atoms with van der Waals surface area (Å²) in [5.74, 6) is 1.25. The van der Waals surface area contributed by atoms with Gasteiger partial charge in [0.1, 0.15) is 18.1 Å². The lowest BCUT2D eigenvalue weighted by atomic mass is 9.79. The van der Waals surface area contributed by atoms with Crippen molar-refractivity contribution in [2.75, 3.05) is 51.4 Å². The van der Waals surface area contributed by atoms with Crippen molar-refractivity contribution in [3.8, 4) is 17.2 Å². The molecule has 1 aliphatic carbocycles. The number of ether oxygens (including phenoxy) is 2. The van der Waals surface area contributed by atoms with E-state index in [1.165, 1.54) is 36.0 Å². The van der Waals surface area contributed by atoms with Gasteiger partial charge in [-0.2, -0.15) is 0 Å². The summed E-state index contributed by atoms with van der Waals surface area (Å²) in [6, 6.07) is 16.9. The van der Waals surface area contributed by atoms with Crippen LogP contribution in [0.25, 0.3) is 0 Å². The molecule has 0 unspecified atom stereocenters. The first-order chi connectivity index (χ1) is 19.5. The molecule has 2 N–H and O–H groups in total. The topological polar surface area (TPSA) is 65.4 Å². The Balaban J connectivity index is 1.32. The van der Waals surface area contributed by atoms with Crippen LogP contribution in [0, 0.1) is 5.82 Å². The number of aliphatic hydroxyl groups excluding tert-OH is 1. The van der Waals surface area contributed by atoms with E-state index >= 15 is 4.39 Å². The first-order valence-electron chi connectivity index (χ1n) is 14.5. The highest BCUT2D eigenvalue weighted by Crippen LogP contribution is 2.40. The van der Waals surface area contributed by atoms with Gasteiger partial charge in [0.2, 0.25) is 0 Å². The van der Waals surface area contributed by atoms with Crippen molar-refractivity contribution < 1.29 is 24.1 Å². The van der Waals surface area contributed by atoms with Gasteiger partial charge in [-0.1, -0.05) is 24.6 Å². The lowest BCUT2D eigenvalue weighted by Crippen LogP contribution is -2.33. The number of phenols is 1. The van der Waals surface area contributed by atoms with Gasteiger partial charge in [-0.3, -0.25) is 4.90 Å². The molecule has 0 amide bonds. The lowest BCUT2D eigenvalue weighted by Gasteiger charge is -2.32. The number of hydrogen-bond acceptors (Lipinski definition) is 6. The van der Waals surface area contributed by atoms with Gasteiger partial charge in [0.25, 0.3) is 0 Å². The van der Waals surface area contributed by atoms with Gasteiger partial charge in [0.15, 0.2) is 11.6 Å². The minimum Gasteiger partial charge on any atom is -0.508 e.